The summed E-state index contributed by atoms with van der Waals surface area (Å²) in [6, 6.07) is 6.12. The largest absolute Gasteiger partial charge is 0.435 e. The molecule has 0 saturated carbocycles. The van der Waals surface area contributed by atoms with Crippen LogP contribution in [0.4, 0.5) is 8.78 Å². The molecular weight excluding hydrogens is 364 g/mol. The molecule has 0 radical (unpaired) electrons. The lowest BCUT2D eigenvalue weighted by Crippen LogP contribution is -2.49. The second-order valence-electron chi connectivity index (χ2n) is 6.94. The molecule has 5 nitrogen and oxygen atoms in total. The third-order valence-electron chi connectivity index (χ3n) is 5.07. The quantitative estimate of drug-likeness (QED) is 0.813. The number of rotatable bonds is 6. The summed E-state index contributed by atoms with van der Waals surface area (Å²) in [4.78, 5) is 18.9. The zero-order chi connectivity index (χ0) is 20.1. The Kier molecular flexibility index (Phi) is 6.57. The molecule has 2 aromatic rings. The summed E-state index contributed by atoms with van der Waals surface area (Å²) >= 11 is 0. The van der Waals surface area contributed by atoms with Gasteiger partial charge in [-0.1, -0.05) is 25.5 Å². The minimum atomic E-state index is -1.05. The molecule has 1 N–H and O–H groups in total. The van der Waals surface area contributed by atoms with Gasteiger partial charge < -0.3 is 10.1 Å². The van der Waals surface area contributed by atoms with E-state index in [0.717, 1.165) is 32.4 Å². The molecule has 1 aliphatic heterocycles. The number of aromatic nitrogens is 1. The number of hydrogen-bond acceptors (Lipinski definition) is 4. The normalized spacial score (nSPS) is 17.4. The fourth-order valence-electron chi connectivity index (χ4n) is 3.43. The summed E-state index contributed by atoms with van der Waals surface area (Å²) in [6.07, 6.45) is 4.48. The van der Waals surface area contributed by atoms with Crippen molar-refractivity contribution < 1.29 is 18.3 Å². The molecule has 0 aliphatic carbocycles. The molecule has 1 aromatic heterocycles. The van der Waals surface area contributed by atoms with Crippen molar-refractivity contribution in [2.45, 2.75) is 45.7 Å². The van der Waals surface area contributed by atoms with E-state index in [2.05, 4.69) is 15.2 Å². The molecule has 150 valence electrons. The molecule has 7 heteroatoms. The standard InChI is InChI=1S/C21H25F2N3O2/c1-3-26-12-5-4-8-16(26)20(27)25-13-15-7-6-11-24-21(15)28-17-10-9-14(2)18(22)19(17)23/h6-7,9-11,16H,3-5,8,12-13H2,1-2H3,(H,25,27)/t16-/m1/s1. The summed E-state index contributed by atoms with van der Waals surface area (Å²) in [6.45, 7) is 5.49. The fourth-order valence-corrected chi connectivity index (χ4v) is 3.43. The molecule has 28 heavy (non-hydrogen) atoms. The zero-order valence-corrected chi connectivity index (χ0v) is 16.2. The van der Waals surface area contributed by atoms with Crippen LogP contribution in [0.1, 0.15) is 37.3 Å². The van der Waals surface area contributed by atoms with Crippen molar-refractivity contribution in [1.29, 1.82) is 0 Å². The van der Waals surface area contributed by atoms with Crippen molar-refractivity contribution in [2.24, 2.45) is 0 Å². The van der Waals surface area contributed by atoms with Gasteiger partial charge in [-0.3, -0.25) is 9.69 Å². The summed E-state index contributed by atoms with van der Waals surface area (Å²) in [5.74, 6) is -2.13. The van der Waals surface area contributed by atoms with Gasteiger partial charge in [-0.2, -0.15) is 4.39 Å². The molecule has 1 fully saturated rings. The maximum absolute atomic E-state index is 14.1. The minimum absolute atomic E-state index is 0.0380. The van der Waals surface area contributed by atoms with E-state index in [9.17, 15) is 13.6 Å². The fraction of sp³-hybridized carbons (Fsp3) is 0.429. The van der Waals surface area contributed by atoms with Crippen molar-refractivity contribution in [2.75, 3.05) is 13.1 Å². The Hall–Kier alpha value is -2.54. The number of nitrogens with zero attached hydrogens (tertiary/aromatic N) is 2. The molecule has 2 heterocycles. The molecule has 1 atom stereocenters. The SMILES string of the molecule is CCN1CCCC[C@@H]1C(=O)NCc1cccnc1Oc1ccc(C)c(F)c1F. The number of nitrogens with one attached hydrogen (secondary N) is 1. The Morgan fingerprint density at radius 1 is 1.29 bits per heavy atom. The number of aryl methyl sites for hydroxylation is 1. The number of likely N-dealkylation sites (tertiary alicyclic amines) is 1. The van der Waals surface area contributed by atoms with Crippen LogP contribution in [0.2, 0.25) is 0 Å². The third kappa shape index (κ3) is 4.47. The second-order valence-corrected chi connectivity index (χ2v) is 6.94. The van der Waals surface area contributed by atoms with Gasteiger partial charge in [0, 0.05) is 18.3 Å². The first-order chi connectivity index (χ1) is 13.5. The highest BCUT2D eigenvalue weighted by Gasteiger charge is 2.27. The van der Waals surface area contributed by atoms with Crippen LogP contribution >= 0.6 is 0 Å². The van der Waals surface area contributed by atoms with Crippen LogP contribution in [0.15, 0.2) is 30.5 Å². The van der Waals surface area contributed by atoms with E-state index in [-0.39, 0.29) is 35.7 Å². The molecule has 0 bridgehead atoms. The second kappa shape index (κ2) is 9.10. The monoisotopic (exact) mass is 389 g/mol. The van der Waals surface area contributed by atoms with Gasteiger partial charge in [-0.15, -0.1) is 0 Å². The van der Waals surface area contributed by atoms with Crippen LogP contribution in [0.3, 0.4) is 0 Å². The Labute approximate surface area is 163 Å². The van der Waals surface area contributed by atoms with Crippen LogP contribution in [0, 0.1) is 18.6 Å². The smallest absolute Gasteiger partial charge is 0.237 e. The van der Waals surface area contributed by atoms with Gasteiger partial charge in [0.05, 0.1) is 6.04 Å². The van der Waals surface area contributed by atoms with Gasteiger partial charge in [0.25, 0.3) is 0 Å². The maximum Gasteiger partial charge on any atom is 0.237 e. The number of ether oxygens (including phenoxy) is 1. The van der Waals surface area contributed by atoms with E-state index < -0.39 is 11.6 Å². The molecular formula is C21H25F2N3O2. The van der Waals surface area contributed by atoms with Crippen LogP contribution in [0.25, 0.3) is 0 Å². The first-order valence-corrected chi connectivity index (χ1v) is 9.59. The number of amides is 1. The van der Waals surface area contributed by atoms with E-state index in [4.69, 9.17) is 4.74 Å². The highest BCUT2D eigenvalue weighted by atomic mass is 19.2. The maximum atomic E-state index is 14.1. The number of carbonyl (C=O) groups is 1. The Bertz CT molecular complexity index is 844. The average Bonchev–Trinajstić information content (AvgIpc) is 2.73. The van der Waals surface area contributed by atoms with Crippen molar-refractivity contribution in [3.63, 3.8) is 0 Å². The van der Waals surface area contributed by atoms with E-state index in [0.29, 0.717) is 5.56 Å². The van der Waals surface area contributed by atoms with Crippen LogP contribution < -0.4 is 10.1 Å². The van der Waals surface area contributed by atoms with Crippen LogP contribution in [0.5, 0.6) is 11.6 Å². The van der Waals surface area contributed by atoms with Gasteiger partial charge in [0.1, 0.15) is 0 Å². The van der Waals surface area contributed by atoms with E-state index in [1.165, 1.54) is 25.3 Å². The number of piperidine rings is 1. The van der Waals surface area contributed by atoms with Crippen molar-refractivity contribution in [3.05, 3.63) is 53.2 Å². The predicted molar refractivity (Wildman–Crippen MR) is 102 cm³/mol. The lowest BCUT2D eigenvalue weighted by atomic mass is 10.0. The topological polar surface area (TPSA) is 54.5 Å². The molecule has 0 unspecified atom stereocenters. The van der Waals surface area contributed by atoms with E-state index in [1.54, 1.807) is 12.1 Å². The van der Waals surface area contributed by atoms with Crippen molar-refractivity contribution in [1.82, 2.24) is 15.2 Å². The molecule has 0 spiro atoms. The zero-order valence-electron chi connectivity index (χ0n) is 16.2. The first kappa shape index (κ1) is 20.2. The Morgan fingerprint density at radius 3 is 2.89 bits per heavy atom. The van der Waals surface area contributed by atoms with E-state index in [1.807, 2.05) is 6.92 Å². The molecule has 1 saturated heterocycles. The predicted octanol–water partition coefficient (Wildman–Crippen LogP) is 3.95. The van der Waals surface area contributed by atoms with Crippen LogP contribution in [-0.2, 0) is 11.3 Å². The number of hydrogen-bond donors (Lipinski definition) is 1. The number of carbonyl (C=O) groups excluding carboxylic acids is 1. The lowest BCUT2D eigenvalue weighted by molar-refractivity contribution is -0.127. The van der Waals surface area contributed by atoms with Gasteiger partial charge in [-0.05, 0) is 50.6 Å². The summed E-state index contributed by atoms with van der Waals surface area (Å²) < 4.78 is 33.4. The lowest BCUT2D eigenvalue weighted by Gasteiger charge is -2.33. The van der Waals surface area contributed by atoms with Gasteiger partial charge in [0.2, 0.25) is 17.6 Å². The minimum Gasteiger partial charge on any atom is -0.435 e. The molecule has 1 aliphatic rings. The van der Waals surface area contributed by atoms with Crippen LogP contribution in [-0.4, -0.2) is 34.9 Å². The van der Waals surface area contributed by atoms with Crippen molar-refractivity contribution >= 4 is 5.91 Å². The number of halogens is 2. The average molecular weight is 389 g/mol. The highest BCUT2D eigenvalue weighted by molar-refractivity contribution is 5.81. The number of likely N-dealkylation sites (N-methyl/N-ethyl adjacent to an activating group) is 1. The van der Waals surface area contributed by atoms with Gasteiger partial charge >= 0.3 is 0 Å². The van der Waals surface area contributed by atoms with Crippen molar-refractivity contribution in [3.8, 4) is 11.6 Å². The number of benzene rings is 1. The van der Waals surface area contributed by atoms with Gasteiger partial charge in [-0.25, -0.2) is 9.37 Å². The highest BCUT2D eigenvalue weighted by Crippen LogP contribution is 2.28. The molecule has 1 amide bonds. The Balaban J connectivity index is 1.71. The summed E-state index contributed by atoms with van der Waals surface area (Å²) in [5, 5.41) is 2.93. The number of pyridine rings is 1. The van der Waals surface area contributed by atoms with Gasteiger partial charge in [0.15, 0.2) is 11.6 Å². The molecule has 3 rings (SSSR count). The summed E-state index contributed by atoms with van der Waals surface area (Å²) in [5.41, 5.74) is 0.793. The summed E-state index contributed by atoms with van der Waals surface area (Å²) in [7, 11) is 0. The third-order valence-corrected chi connectivity index (χ3v) is 5.07. The Morgan fingerprint density at radius 2 is 2.11 bits per heavy atom. The first-order valence-electron chi connectivity index (χ1n) is 9.59. The van der Waals surface area contributed by atoms with E-state index >= 15 is 0 Å². The molecule has 1 aromatic carbocycles.